The summed E-state index contributed by atoms with van der Waals surface area (Å²) >= 11 is 0. The Hall–Kier alpha value is -4.84. The summed E-state index contributed by atoms with van der Waals surface area (Å²) in [7, 11) is 0. The van der Waals surface area contributed by atoms with Gasteiger partial charge in [0.1, 0.15) is 29.7 Å². The molecule has 0 bridgehead atoms. The molecule has 0 spiro atoms. The van der Waals surface area contributed by atoms with Crippen LogP contribution in [-0.2, 0) is 16.2 Å². The fraction of sp³-hybridized carbons (Fsp3) is 0.282. The van der Waals surface area contributed by atoms with Gasteiger partial charge in [0, 0.05) is 22.2 Å². The molecular weight excluding hydrogens is 552 g/mol. The molecule has 0 fully saturated rings. The maximum Gasteiger partial charge on any atom is 0.138 e. The molecular formula is C39H42N6. The Morgan fingerprint density at radius 3 is 1.18 bits per heavy atom. The Bertz CT molecular complexity index is 1790. The normalized spacial score (nSPS) is 12.4. The second-order valence-corrected chi connectivity index (χ2v) is 13.8. The average Bonchev–Trinajstić information content (AvgIpc) is 3.62. The Morgan fingerprint density at radius 1 is 0.467 bits per heavy atom. The van der Waals surface area contributed by atoms with Gasteiger partial charge in [0.15, 0.2) is 0 Å². The molecule has 0 atom stereocenters. The monoisotopic (exact) mass is 594 g/mol. The van der Waals surface area contributed by atoms with Gasteiger partial charge < -0.3 is 0 Å². The predicted molar refractivity (Wildman–Crippen MR) is 181 cm³/mol. The van der Waals surface area contributed by atoms with Crippen molar-refractivity contribution in [2.75, 3.05) is 0 Å². The minimum Gasteiger partial charge on any atom is -0.287 e. The van der Waals surface area contributed by atoms with Crippen molar-refractivity contribution in [3.63, 3.8) is 0 Å². The van der Waals surface area contributed by atoms with Crippen LogP contribution in [-0.4, -0.2) is 29.1 Å². The van der Waals surface area contributed by atoms with Crippen LogP contribution in [0.15, 0.2) is 110 Å². The van der Waals surface area contributed by atoms with Crippen LogP contribution >= 0.6 is 0 Å². The van der Waals surface area contributed by atoms with Crippen molar-refractivity contribution >= 4 is 0 Å². The smallest absolute Gasteiger partial charge is 0.138 e. The summed E-state index contributed by atoms with van der Waals surface area (Å²) in [6, 6.07) is 33.7. The van der Waals surface area contributed by atoms with Crippen molar-refractivity contribution in [1.29, 1.82) is 0 Å². The molecule has 0 saturated heterocycles. The molecule has 6 heteroatoms. The van der Waals surface area contributed by atoms with Gasteiger partial charge >= 0.3 is 0 Å². The maximum atomic E-state index is 5.42. The Morgan fingerprint density at radius 2 is 0.844 bits per heavy atom. The van der Waals surface area contributed by atoms with Gasteiger partial charge in [-0.25, -0.2) is 19.9 Å². The van der Waals surface area contributed by atoms with Crippen molar-refractivity contribution in [3.05, 3.63) is 155 Å². The van der Waals surface area contributed by atoms with E-state index in [0.29, 0.717) is 0 Å². The average molecular weight is 595 g/mol. The van der Waals surface area contributed by atoms with Crippen molar-refractivity contribution in [2.45, 2.75) is 71.6 Å². The highest BCUT2D eigenvalue weighted by Gasteiger charge is 2.41. The first-order chi connectivity index (χ1) is 21.4. The van der Waals surface area contributed by atoms with Crippen LogP contribution in [0, 0.1) is 13.8 Å². The zero-order chi connectivity index (χ0) is 32.0. The summed E-state index contributed by atoms with van der Waals surface area (Å²) in [4.78, 5) is 20.5. The van der Waals surface area contributed by atoms with E-state index in [4.69, 9.17) is 19.9 Å². The lowest BCUT2D eigenvalue weighted by atomic mass is 9.69. The molecule has 0 amide bonds. The molecule has 6 nitrogen and oxygen atoms in total. The first kappa shape index (κ1) is 30.2. The van der Waals surface area contributed by atoms with E-state index in [0.717, 1.165) is 56.9 Å². The van der Waals surface area contributed by atoms with E-state index in [2.05, 4.69) is 162 Å². The van der Waals surface area contributed by atoms with E-state index in [1.807, 2.05) is 12.7 Å². The van der Waals surface area contributed by atoms with Gasteiger partial charge in [-0.05, 0) is 49.2 Å². The van der Waals surface area contributed by atoms with Crippen LogP contribution in [0.4, 0.5) is 0 Å². The second-order valence-electron chi connectivity index (χ2n) is 13.8. The SMILES string of the molecule is Cc1c(C(C)(C)C)ncn1-c1cccc(C(c2ccccc2)(c2ccccc2)c2cccc(-n3cnc(C(C)(C)C)c3C)n2)n1. The minimum absolute atomic E-state index is 0.0759. The number of hydrogen-bond donors (Lipinski definition) is 0. The summed E-state index contributed by atoms with van der Waals surface area (Å²) in [5.74, 6) is 1.64. The van der Waals surface area contributed by atoms with Crippen LogP contribution in [0.5, 0.6) is 0 Å². The highest BCUT2D eigenvalue weighted by molar-refractivity contribution is 5.57. The van der Waals surface area contributed by atoms with Gasteiger partial charge in [-0.15, -0.1) is 0 Å². The fourth-order valence-corrected chi connectivity index (χ4v) is 6.55. The number of nitrogens with zero attached hydrogens (tertiary/aromatic N) is 6. The van der Waals surface area contributed by atoms with Crippen LogP contribution in [0.2, 0.25) is 0 Å². The third-order valence-corrected chi connectivity index (χ3v) is 8.58. The summed E-state index contributed by atoms with van der Waals surface area (Å²) in [5.41, 5.74) is 7.26. The number of pyridine rings is 2. The van der Waals surface area contributed by atoms with Crippen molar-refractivity contribution < 1.29 is 0 Å². The number of rotatable bonds is 6. The van der Waals surface area contributed by atoms with E-state index in [1.165, 1.54) is 0 Å². The number of hydrogen-bond acceptors (Lipinski definition) is 4. The van der Waals surface area contributed by atoms with Crippen molar-refractivity contribution in [1.82, 2.24) is 29.1 Å². The lowest BCUT2D eigenvalue weighted by Crippen LogP contribution is -2.33. The zero-order valence-electron chi connectivity index (χ0n) is 27.6. The molecule has 45 heavy (non-hydrogen) atoms. The molecule has 0 aliphatic carbocycles. The fourth-order valence-electron chi connectivity index (χ4n) is 6.55. The largest absolute Gasteiger partial charge is 0.287 e. The number of aromatic nitrogens is 6. The molecule has 0 unspecified atom stereocenters. The summed E-state index contributed by atoms with van der Waals surface area (Å²) in [6.07, 6.45) is 3.78. The van der Waals surface area contributed by atoms with Gasteiger partial charge in [0.2, 0.25) is 0 Å². The number of imidazole rings is 2. The van der Waals surface area contributed by atoms with Gasteiger partial charge in [0.05, 0.1) is 22.8 Å². The zero-order valence-corrected chi connectivity index (χ0v) is 27.6. The quantitative estimate of drug-likeness (QED) is 0.194. The minimum atomic E-state index is -0.808. The second kappa shape index (κ2) is 11.3. The molecule has 0 aliphatic rings. The van der Waals surface area contributed by atoms with Crippen LogP contribution in [0.1, 0.15) is 86.8 Å². The molecule has 2 aromatic carbocycles. The summed E-state index contributed by atoms with van der Waals surface area (Å²) in [5, 5.41) is 0. The lowest BCUT2D eigenvalue weighted by molar-refractivity contribution is 0.567. The molecule has 6 rings (SSSR count). The molecule has 0 N–H and O–H groups in total. The van der Waals surface area contributed by atoms with E-state index < -0.39 is 5.41 Å². The first-order valence-corrected chi connectivity index (χ1v) is 15.6. The standard InChI is InChI=1S/C39H42N6/c1-27-35(37(3,4)5)40-25-44(27)33-23-15-21-31(42-33)39(29-17-11-9-12-18-29,30-19-13-10-14-20-30)32-22-16-24-34(43-32)45-26-41-36(28(45)2)38(6,7)8/h9-26H,1-8H3. The predicted octanol–water partition coefficient (Wildman–Crippen LogP) is 8.44. The van der Waals surface area contributed by atoms with E-state index >= 15 is 0 Å². The number of benzene rings is 2. The van der Waals surface area contributed by atoms with Crippen molar-refractivity contribution in [2.24, 2.45) is 0 Å². The van der Waals surface area contributed by atoms with Crippen molar-refractivity contribution in [3.8, 4) is 11.6 Å². The molecule has 6 aromatic rings. The van der Waals surface area contributed by atoms with Gasteiger partial charge in [-0.3, -0.25) is 9.13 Å². The van der Waals surface area contributed by atoms with Gasteiger partial charge in [0.25, 0.3) is 0 Å². The van der Waals surface area contributed by atoms with E-state index in [1.54, 1.807) is 0 Å². The van der Waals surface area contributed by atoms with Crippen LogP contribution < -0.4 is 0 Å². The third kappa shape index (κ3) is 5.28. The highest BCUT2D eigenvalue weighted by atomic mass is 15.1. The van der Waals surface area contributed by atoms with Gasteiger partial charge in [-0.2, -0.15) is 0 Å². The first-order valence-electron chi connectivity index (χ1n) is 15.6. The van der Waals surface area contributed by atoms with E-state index in [9.17, 15) is 0 Å². The topological polar surface area (TPSA) is 61.4 Å². The van der Waals surface area contributed by atoms with Gasteiger partial charge in [-0.1, -0.05) is 114 Å². The molecule has 228 valence electrons. The highest BCUT2D eigenvalue weighted by Crippen LogP contribution is 2.44. The molecule has 0 aliphatic heterocycles. The summed E-state index contributed by atoms with van der Waals surface area (Å²) in [6.45, 7) is 17.4. The Balaban J connectivity index is 1.64. The Labute approximate surface area is 266 Å². The van der Waals surface area contributed by atoms with Crippen LogP contribution in [0.3, 0.4) is 0 Å². The van der Waals surface area contributed by atoms with E-state index in [-0.39, 0.29) is 10.8 Å². The maximum absolute atomic E-state index is 5.42. The molecule has 4 heterocycles. The molecule has 0 radical (unpaired) electrons. The van der Waals surface area contributed by atoms with Crippen LogP contribution in [0.25, 0.3) is 11.6 Å². The third-order valence-electron chi connectivity index (χ3n) is 8.58. The molecule has 0 saturated carbocycles. The lowest BCUT2D eigenvalue weighted by Gasteiger charge is -2.35. The Kier molecular flexibility index (Phi) is 7.56. The molecule has 4 aromatic heterocycles. The summed E-state index contributed by atoms with van der Waals surface area (Å²) < 4.78 is 4.19.